The number of amides is 1. The van der Waals surface area contributed by atoms with Crippen molar-refractivity contribution in [2.45, 2.75) is 6.54 Å². The van der Waals surface area contributed by atoms with Gasteiger partial charge in [-0.05, 0) is 42.0 Å². The predicted molar refractivity (Wildman–Crippen MR) is 80.9 cm³/mol. The van der Waals surface area contributed by atoms with Gasteiger partial charge in [-0.3, -0.25) is 4.79 Å². The summed E-state index contributed by atoms with van der Waals surface area (Å²) in [4.78, 5) is 14.3. The molecule has 1 amide bonds. The van der Waals surface area contributed by atoms with E-state index in [-0.39, 0.29) is 5.91 Å². The largest absolute Gasteiger partial charge is 0.493 e. The summed E-state index contributed by atoms with van der Waals surface area (Å²) in [6, 6.07) is 10.8. The topological polar surface area (TPSA) is 64.8 Å². The van der Waals surface area contributed by atoms with Crippen LogP contribution in [0.25, 0.3) is 0 Å². The van der Waals surface area contributed by atoms with E-state index < -0.39 is 0 Å². The molecule has 1 heterocycles. The minimum atomic E-state index is -0.0456. The number of nitrogens with two attached hydrogens (primary N) is 1. The van der Waals surface area contributed by atoms with Crippen molar-refractivity contribution in [3.8, 4) is 11.5 Å². The van der Waals surface area contributed by atoms with Gasteiger partial charge in [-0.1, -0.05) is 0 Å². The van der Waals surface area contributed by atoms with Crippen LogP contribution in [0.3, 0.4) is 0 Å². The van der Waals surface area contributed by atoms with Crippen molar-refractivity contribution in [2.24, 2.45) is 0 Å². The Bertz CT molecular complexity index is 695. The summed E-state index contributed by atoms with van der Waals surface area (Å²) in [6.45, 7) is 0.512. The Hall–Kier alpha value is -2.69. The lowest BCUT2D eigenvalue weighted by molar-refractivity contribution is 0.0996. The van der Waals surface area contributed by atoms with Crippen LogP contribution >= 0.6 is 0 Å². The molecular weight excluding hydrogens is 268 g/mol. The van der Waals surface area contributed by atoms with Crippen LogP contribution in [-0.2, 0) is 6.54 Å². The van der Waals surface area contributed by atoms with Gasteiger partial charge in [-0.15, -0.1) is 0 Å². The molecule has 108 valence electrons. The van der Waals surface area contributed by atoms with E-state index in [0.29, 0.717) is 29.3 Å². The number of ether oxygens (including phenoxy) is 2. The normalized spacial score (nSPS) is 13.2. The molecule has 5 nitrogen and oxygen atoms in total. The molecule has 0 aromatic heterocycles. The number of hydrogen-bond acceptors (Lipinski definition) is 4. The highest BCUT2D eigenvalue weighted by Crippen LogP contribution is 2.36. The third-order valence-corrected chi connectivity index (χ3v) is 3.62. The van der Waals surface area contributed by atoms with Crippen molar-refractivity contribution in [1.29, 1.82) is 0 Å². The molecule has 3 rings (SSSR count). The van der Waals surface area contributed by atoms with Crippen molar-refractivity contribution < 1.29 is 14.3 Å². The fourth-order valence-electron chi connectivity index (χ4n) is 2.50. The van der Waals surface area contributed by atoms with E-state index in [2.05, 4.69) is 0 Å². The molecule has 2 aromatic rings. The molecule has 0 saturated heterocycles. The van der Waals surface area contributed by atoms with Gasteiger partial charge in [-0.25, -0.2) is 0 Å². The van der Waals surface area contributed by atoms with Crippen molar-refractivity contribution in [1.82, 2.24) is 0 Å². The maximum absolute atomic E-state index is 12.5. The molecule has 0 unspecified atom stereocenters. The van der Waals surface area contributed by atoms with E-state index in [0.717, 1.165) is 11.3 Å². The van der Waals surface area contributed by atoms with E-state index in [1.165, 1.54) is 0 Å². The first-order valence-electron chi connectivity index (χ1n) is 6.56. The first kappa shape index (κ1) is 13.3. The Morgan fingerprint density at radius 2 is 1.67 bits per heavy atom. The van der Waals surface area contributed by atoms with Crippen LogP contribution in [0, 0.1) is 0 Å². The molecule has 2 N–H and O–H groups in total. The smallest absolute Gasteiger partial charge is 0.259 e. The molecule has 2 aromatic carbocycles. The fraction of sp³-hybridized carbons (Fsp3) is 0.188. The predicted octanol–water partition coefficient (Wildman–Crippen LogP) is 2.45. The van der Waals surface area contributed by atoms with Crippen LogP contribution in [0.5, 0.6) is 11.5 Å². The Kier molecular flexibility index (Phi) is 3.17. The van der Waals surface area contributed by atoms with E-state index in [4.69, 9.17) is 15.2 Å². The van der Waals surface area contributed by atoms with Gasteiger partial charge in [-0.2, -0.15) is 0 Å². The summed E-state index contributed by atoms with van der Waals surface area (Å²) in [6.07, 6.45) is 0. The van der Waals surface area contributed by atoms with Gasteiger partial charge in [0.2, 0.25) is 0 Å². The summed E-state index contributed by atoms with van der Waals surface area (Å²) in [5.41, 5.74) is 8.75. The number of carbonyl (C=O) groups excluding carboxylic acids is 1. The molecule has 0 fully saturated rings. The van der Waals surface area contributed by atoms with Gasteiger partial charge < -0.3 is 20.1 Å². The summed E-state index contributed by atoms with van der Waals surface area (Å²) in [5.74, 6) is 1.14. The number of fused-ring (bicyclic) bond motifs is 1. The minimum Gasteiger partial charge on any atom is -0.493 e. The fourth-order valence-corrected chi connectivity index (χ4v) is 2.50. The van der Waals surface area contributed by atoms with Crippen LogP contribution in [-0.4, -0.2) is 20.1 Å². The number of nitrogen functional groups attached to an aromatic ring is 1. The maximum atomic E-state index is 12.5. The molecule has 5 heteroatoms. The van der Waals surface area contributed by atoms with E-state index in [9.17, 15) is 4.79 Å². The highest BCUT2D eigenvalue weighted by atomic mass is 16.5. The lowest BCUT2D eigenvalue weighted by Gasteiger charge is -2.15. The zero-order valence-corrected chi connectivity index (χ0v) is 11.9. The van der Waals surface area contributed by atoms with Gasteiger partial charge in [0.25, 0.3) is 5.91 Å². The van der Waals surface area contributed by atoms with Crippen molar-refractivity contribution in [2.75, 3.05) is 24.9 Å². The number of rotatable bonds is 3. The molecule has 1 aliphatic rings. The number of benzene rings is 2. The second-order valence-electron chi connectivity index (χ2n) is 4.85. The second kappa shape index (κ2) is 5.01. The second-order valence-corrected chi connectivity index (χ2v) is 4.85. The number of anilines is 2. The number of nitrogens with zero attached hydrogens (tertiary/aromatic N) is 1. The molecule has 0 radical (unpaired) electrons. The molecule has 1 aliphatic heterocycles. The summed E-state index contributed by atoms with van der Waals surface area (Å²) in [5, 5.41) is 0. The zero-order chi connectivity index (χ0) is 15.0. The SMILES string of the molecule is COc1cc2c(cc1OC)C(=O)N(c1ccc(N)cc1)C2. The third kappa shape index (κ3) is 2.16. The number of hydrogen-bond donors (Lipinski definition) is 1. The van der Waals surface area contributed by atoms with Crippen molar-refractivity contribution in [3.63, 3.8) is 0 Å². The maximum Gasteiger partial charge on any atom is 0.259 e. The van der Waals surface area contributed by atoms with Gasteiger partial charge >= 0.3 is 0 Å². The summed E-state index contributed by atoms with van der Waals surface area (Å²) >= 11 is 0. The van der Waals surface area contributed by atoms with Gasteiger partial charge in [0.15, 0.2) is 11.5 Å². The molecule has 0 aliphatic carbocycles. The summed E-state index contributed by atoms with van der Waals surface area (Å²) in [7, 11) is 3.14. The molecule has 0 saturated carbocycles. The number of methoxy groups -OCH3 is 2. The Labute approximate surface area is 122 Å². The van der Waals surface area contributed by atoms with Crippen molar-refractivity contribution >= 4 is 17.3 Å². The molecule has 0 spiro atoms. The minimum absolute atomic E-state index is 0.0456. The average molecular weight is 284 g/mol. The quantitative estimate of drug-likeness (QED) is 0.879. The zero-order valence-electron chi connectivity index (χ0n) is 11.9. The first-order valence-corrected chi connectivity index (χ1v) is 6.56. The van der Waals surface area contributed by atoms with Gasteiger partial charge in [0.05, 0.1) is 20.8 Å². The summed E-state index contributed by atoms with van der Waals surface area (Å²) < 4.78 is 10.5. The molecule has 0 bridgehead atoms. The highest BCUT2D eigenvalue weighted by Gasteiger charge is 2.30. The van der Waals surface area contributed by atoms with E-state index in [1.807, 2.05) is 18.2 Å². The Balaban J connectivity index is 2.00. The van der Waals surface area contributed by atoms with Crippen LogP contribution in [0.2, 0.25) is 0 Å². The standard InChI is InChI=1S/C16H16N2O3/c1-20-14-7-10-9-18(12-5-3-11(17)4-6-12)16(19)13(10)8-15(14)21-2/h3-8H,9,17H2,1-2H3. The Morgan fingerprint density at radius 3 is 2.29 bits per heavy atom. The lowest BCUT2D eigenvalue weighted by atomic mass is 10.1. The van der Waals surface area contributed by atoms with Crippen LogP contribution in [0.4, 0.5) is 11.4 Å². The number of carbonyl (C=O) groups is 1. The van der Waals surface area contributed by atoms with Gasteiger partial charge in [0.1, 0.15) is 0 Å². The van der Waals surface area contributed by atoms with E-state index >= 15 is 0 Å². The average Bonchev–Trinajstić information content (AvgIpc) is 2.83. The lowest BCUT2D eigenvalue weighted by Crippen LogP contribution is -2.22. The molecule has 0 atom stereocenters. The molecule has 21 heavy (non-hydrogen) atoms. The van der Waals surface area contributed by atoms with Crippen molar-refractivity contribution in [3.05, 3.63) is 47.5 Å². The van der Waals surface area contributed by atoms with Crippen LogP contribution in [0.15, 0.2) is 36.4 Å². The monoisotopic (exact) mass is 284 g/mol. The molecular formula is C16H16N2O3. The highest BCUT2D eigenvalue weighted by molar-refractivity contribution is 6.10. The Morgan fingerprint density at radius 1 is 1.05 bits per heavy atom. The van der Waals surface area contributed by atoms with E-state index in [1.54, 1.807) is 37.3 Å². The van der Waals surface area contributed by atoms with Crippen LogP contribution < -0.4 is 20.1 Å². The third-order valence-electron chi connectivity index (χ3n) is 3.62. The first-order chi connectivity index (χ1) is 10.1. The van der Waals surface area contributed by atoms with Gasteiger partial charge in [0, 0.05) is 16.9 Å². The van der Waals surface area contributed by atoms with Crippen LogP contribution in [0.1, 0.15) is 15.9 Å².